The molecule has 1 fully saturated rings. The molecule has 1 saturated heterocycles. The molecule has 0 aliphatic carbocycles. The molecule has 0 spiro atoms. The Morgan fingerprint density at radius 1 is 1.35 bits per heavy atom. The molecule has 2 aromatic rings. The van der Waals surface area contributed by atoms with E-state index in [0.29, 0.717) is 6.54 Å². The molecule has 3 rings (SSSR count). The molecule has 0 amide bonds. The van der Waals surface area contributed by atoms with Crippen LogP contribution in [0.1, 0.15) is 36.6 Å². The van der Waals surface area contributed by atoms with Crippen molar-refractivity contribution in [2.45, 2.75) is 31.9 Å². The number of nitrogens with two attached hydrogens (primary N) is 1. The molecule has 4 nitrogen and oxygen atoms in total. The Bertz CT molecular complexity index is 514. The third-order valence-electron chi connectivity index (χ3n) is 3.28. The topological polar surface area (TPSA) is 52.5 Å². The summed E-state index contributed by atoms with van der Waals surface area (Å²) in [5, 5.41) is 0. The Balaban J connectivity index is 1.95. The van der Waals surface area contributed by atoms with Crippen molar-refractivity contribution in [3.8, 4) is 0 Å². The smallest absolute Gasteiger partial charge is 0.137 e. The van der Waals surface area contributed by atoms with Crippen LogP contribution in [0.15, 0.2) is 24.5 Å². The molecule has 1 atom stereocenters. The van der Waals surface area contributed by atoms with Crippen molar-refractivity contribution in [1.82, 2.24) is 9.38 Å². The molecule has 0 bridgehead atoms. The van der Waals surface area contributed by atoms with Gasteiger partial charge in [0, 0.05) is 25.5 Å². The zero-order valence-electron chi connectivity index (χ0n) is 9.80. The minimum atomic E-state index is 0.171. The molecule has 2 N–H and O–H groups in total. The predicted octanol–water partition coefficient (Wildman–Crippen LogP) is 2.03. The fourth-order valence-electron chi connectivity index (χ4n) is 2.31. The van der Waals surface area contributed by atoms with Gasteiger partial charge in [-0.3, -0.25) is 0 Å². The van der Waals surface area contributed by atoms with E-state index in [1.54, 1.807) is 0 Å². The van der Waals surface area contributed by atoms with Gasteiger partial charge in [-0.05, 0) is 30.9 Å². The fourth-order valence-corrected chi connectivity index (χ4v) is 2.31. The van der Waals surface area contributed by atoms with Crippen LogP contribution in [0.3, 0.4) is 0 Å². The zero-order valence-corrected chi connectivity index (χ0v) is 9.80. The van der Waals surface area contributed by atoms with Crippen LogP contribution in [-0.2, 0) is 11.3 Å². The standard InChI is InChI=1S/C13H17N3O/c14-7-10-4-5-13-15-11(9-16(13)8-10)12-3-1-2-6-17-12/h4-5,8-9,12H,1-3,6-7,14H2. The number of rotatable bonds is 2. The third-order valence-corrected chi connectivity index (χ3v) is 3.28. The van der Waals surface area contributed by atoms with Crippen LogP contribution in [0.5, 0.6) is 0 Å². The summed E-state index contributed by atoms with van der Waals surface area (Å²) in [4.78, 5) is 4.61. The molecule has 0 saturated carbocycles. The fraction of sp³-hybridized carbons (Fsp3) is 0.462. The number of ether oxygens (including phenoxy) is 1. The molecule has 90 valence electrons. The highest BCUT2D eigenvalue weighted by Gasteiger charge is 2.18. The lowest BCUT2D eigenvalue weighted by atomic mass is 10.1. The molecule has 17 heavy (non-hydrogen) atoms. The summed E-state index contributed by atoms with van der Waals surface area (Å²) in [6.45, 7) is 1.41. The molecule has 4 heteroatoms. The summed E-state index contributed by atoms with van der Waals surface area (Å²) in [6.07, 6.45) is 7.74. The highest BCUT2D eigenvalue weighted by atomic mass is 16.5. The minimum Gasteiger partial charge on any atom is -0.372 e. The normalized spacial score (nSPS) is 20.9. The number of nitrogens with zero attached hydrogens (tertiary/aromatic N) is 2. The highest BCUT2D eigenvalue weighted by Crippen LogP contribution is 2.27. The van der Waals surface area contributed by atoms with Gasteiger partial charge in [0.05, 0.1) is 5.69 Å². The van der Waals surface area contributed by atoms with Crippen LogP contribution in [0, 0.1) is 0 Å². The molecule has 1 aliphatic heterocycles. The second-order valence-electron chi connectivity index (χ2n) is 4.53. The molecular weight excluding hydrogens is 214 g/mol. The van der Waals surface area contributed by atoms with Crippen molar-refractivity contribution < 1.29 is 4.74 Å². The summed E-state index contributed by atoms with van der Waals surface area (Å²) in [7, 11) is 0. The summed E-state index contributed by atoms with van der Waals surface area (Å²) < 4.78 is 7.79. The van der Waals surface area contributed by atoms with Gasteiger partial charge in [0.25, 0.3) is 0 Å². The second-order valence-corrected chi connectivity index (χ2v) is 4.53. The van der Waals surface area contributed by atoms with Gasteiger partial charge in [0.1, 0.15) is 11.8 Å². The van der Waals surface area contributed by atoms with Crippen molar-refractivity contribution in [3.63, 3.8) is 0 Å². The first-order chi connectivity index (χ1) is 8.36. The van der Waals surface area contributed by atoms with E-state index in [-0.39, 0.29) is 6.10 Å². The summed E-state index contributed by atoms with van der Waals surface area (Å²) in [5.41, 5.74) is 8.75. The van der Waals surface area contributed by atoms with Crippen molar-refractivity contribution in [3.05, 3.63) is 35.8 Å². The summed E-state index contributed by atoms with van der Waals surface area (Å²) in [5.74, 6) is 0. The Labute approximate surface area is 100 Å². The van der Waals surface area contributed by atoms with E-state index in [2.05, 4.69) is 11.2 Å². The van der Waals surface area contributed by atoms with Gasteiger partial charge < -0.3 is 14.9 Å². The van der Waals surface area contributed by atoms with E-state index >= 15 is 0 Å². The van der Waals surface area contributed by atoms with Gasteiger partial charge in [-0.1, -0.05) is 6.07 Å². The van der Waals surface area contributed by atoms with Crippen molar-refractivity contribution in [2.24, 2.45) is 5.73 Å². The van der Waals surface area contributed by atoms with E-state index in [1.165, 1.54) is 12.8 Å². The summed E-state index contributed by atoms with van der Waals surface area (Å²) >= 11 is 0. The minimum absolute atomic E-state index is 0.171. The maximum Gasteiger partial charge on any atom is 0.137 e. The summed E-state index contributed by atoms with van der Waals surface area (Å²) in [6, 6.07) is 4.03. The third kappa shape index (κ3) is 2.06. The van der Waals surface area contributed by atoms with E-state index in [4.69, 9.17) is 10.5 Å². The molecule has 1 aliphatic rings. The monoisotopic (exact) mass is 231 g/mol. The van der Waals surface area contributed by atoms with Crippen molar-refractivity contribution >= 4 is 5.65 Å². The number of fused-ring (bicyclic) bond motifs is 1. The lowest BCUT2D eigenvalue weighted by Gasteiger charge is -2.20. The van der Waals surface area contributed by atoms with Gasteiger partial charge in [-0.15, -0.1) is 0 Å². The molecule has 1 unspecified atom stereocenters. The van der Waals surface area contributed by atoms with Gasteiger partial charge >= 0.3 is 0 Å². The Morgan fingerprint density at radius 2 is 2.29 bits per heavy atom. The lowest BCUT2D eigenvalue weighted by Crippen LogP contribution is -2.11. The SMILES string of the molecule is NCc1ccc2nc(C3CCCCO3)cn2c1. The molecule has 0 aromatic carbocycles. The quantitative estimate of drug-likeness (QED) is 0.860. The van der Waals surface area contributed by atoms with Gasteiger partial charge in [-0.2, -0.15) is 0 Å². The van der Waals surface area contributed by atoms with E-state index < -0.39 is 0 Å². The molecule has 2 aromatic heterocycles. The molecular formula is C13H17N3O. The maximum absolute atomic E-state index is 5.75. The van der Waals surface area contributed by atoms with Crippen LogP contribution < -0.4 is 5.73 Å². The number of hydrogen-bond donors (Lipinski definition) is 1. The Morgan fingerprint density at radius 3 is 3.06 bits per heavy atom. The van der Waals surface area contributed by atoms with Gasteiger partial charge in [0.2, 0.25) is 0 Å². The second kappa shape index (κ2) is 4.47. The zero-order chi connectivity index (χ0) is 11.7. The van der Waals surface area contributed by atoms with Crippen molar-refractivity contribution in [2.75, 3.05) is 6.61 Å². The van der Waals surface area contributed by atoms with E-state index in [1.807, 2.05) is 22.7 Å². The average Bonchev–Trinajstić information content (AvgIpc) is 2.82. The van der Waals surface area contributed by atoms with E-state index in [9.17, 15) is 0 Å². The van der Waals surface area contributed by atoms with Crippen LogP contribution >= 0.6 is 0 Å². The van der Waals surface area contributed by atoms with Crippen LogP contribution in [-0.4, -0.2) is 16.0 Å². The van der Waals surface area contributed by atoms with Crippen LogP contribution in [0.2, 0.25) is 0 Å². The first-order valence-electron chi connectivity index (χ1n) is 6.16. The first kappa shape index (κ1) is 10.7. The number of hydrogen-bond acceptors (Lipinski definition) is 3. The number of aromatic nitrogens is 2. The Hall–Kier alpha value is -1.39. The average molecular weight is 231 g/mol. The highest BCUT2D eigenvalue weighted by molar-refractivity contribution is 5.41. The largest absolute Gasteiger partial charge is 0.372 e. The van der Waals surface area contributed by atoms with Crippen LogP contribution in [0.4, 0.5) is 0 Å². The van der Waals surface area contributed by atoms with Crippen molar-refractivity contribution in [1.29, 1.82) is 0 Å². The lowest BCUT2D eigenvalue weighted by molar-refractivity contribution is 0.0126. The van der Waals surface area contributed by atoms with Gasteiger partial charge in [-0.25, -0.2) is 4.98 Å². The predicted molar refractivity (Wildman–Crippen MR) is 65.6 cm³/mol. The molecule has 3 heterocycles. The Kier molecular flexibility index (Phi) is 2.82. The molecule has 0 radical (unpaired) electrons. The van der Waals surface area contributed by atoms with Crippen LogP contribution in [0.25, 0.3) is 5.65 Å². The van der Waals surface area contributed by atoms with Gasteiger partial charge in [0.15, 0.2) is 0 Å². The van der Waals surface area contributed by atoms with E-state index in [0.717, 1.165) is 29.9 Å². The number of imidazole rings is 1. The maximum atomic E-state index is 5.75. The first-order valence-corrected chi connectivity index (χ1v) is 6.16. The number of pyridine rings is 1.